The number of nitro benzene ring substituents is 1. The summed E-state index contributed by atoms with van der Waals surface area (Å²) >= 11 is 7.28. The van der Waals surface area contributed by atoms with Crippen LogP contribution in [0.25, 0.3) is 0 Å². The average Bonchev–Trinajstić information content (AvgIpc) is 2.49. The van der Waals surface area contributed by atoms with Crippen LogP contribution in [0.4, 0.5) is 5.69 Å². The highest BCUT2D eigenvalue weighted by Crippen LogP contribution is 2.22. The maximum absolute atomic E-state index is 12.2. The Morgan fingerprint density at radius 2 is 2.18 bits per heavy atom. The van der Waals surface area contributed by atoms with Crippen LogP contribution in [0.2, 0.25) is 5.02 Å². The zero-order valence-corrected chi connectivity index (χ0v) is 13.6. The Hall–Kier alpha value is -1.80. The molecule has 0 saturated carbocycles. The molecule has 1 amide bonds. The second-order valence-corrected chi connectivity index (χ2v) is 5.67. The van der Waals surface area contributed by atoms with Crippen LogP contribution in [0.5, 0.6) is 0 Å². The van der Waals surface area contributed by atoms with Gasteiger partial charge in [0, 0.05) is 11.1 Å². The third-order valence-corrected chi connectivity index (χ3v) is 3.68. The van der Waals surface area contributed by atoms with Crippen molar-refractivity contribution in [2.45, 2.75) is 12.5 Å². The monoisotopic (exact) mass is 346 g/mol. The molecule has 0 spiro atoms. The van der Waals surface area contributed by atoms with Gasteiger partial charge in [-0.25, -0.2) is 4.79 Å². The molecule has 0 radical (unpaired) electrons. The highest BCUT2D eigenvalue weighted by Gasteiger charge is 2.26. The summed E-state index contributed by atoms with van der Waals surface area (Å²) in [5, 5.41) is 13.6. The van der Waals surface area contributed by atoms with Gasteiger partial charge < -0.3 is 10.1 Å². The van der Waals surface area contributed by atoms with Gasteiger partial charge in [0.05, 0.1) is 12.0 Å². The third-order valence-electron chi connectivity index (χ3n) is 2.80. The van der Waals surface area contributed by atoms with Crippen LogP contribution in [-0.4, -0.2) is 42.0 Å². The number of methoxy groups -OCH3 is 1. The second-order valence-electron chi connectivity index (χ2n) is 4.25. The summed E-state index contributed by atoms with van der Waals surface area (Å²) in [5.74, 6) is -0.727. The molecule has 0 heterocycles. The largest absolute Gasteiger partial charge is 0.467 e. The van der Waals surface area contributed by atoms with E-state index in [1.165, 1.54) is 31.0 Å². The molecule has 0 saturated heterocycles. The highest BCUT2D eigenvalue weighted by molar-refractivity contribution is 7.98. The number of carbonyl (C=O) groups is 2. The third kappa shape index (κ3) is 4.88. The molecule has 1 aromatic carbocycles. The van der Waals surface area contributed by atoms with Gasteiger partial charge in [-0.2, -0.15) is 11.8 Å². The maximum atomic E-state index is 12.2. The molecular formula is C13H15ClN2O5S. The maximum Gasteiger partial charge on any atom is 0.328 e. The molecule has 1 rings (SSSR count). The number of amides is 1. The predicted molar refractivity (Wildman–Crippen MR) is 84.4 cm³/mol. The molecule has 0 aliphatic carbocycles. The van der Waals surface area contributed by atoms with Crippen LogP contribution >= 0.6 is 23.4 Å². The van der Waals surface area contributed by atoms with Crippen molar-refractivity contribution in [2.75, 3.05) is 19.1 Å². The number of carbonyl (C=O) groups excluding carboxylic acids is 2. The van der Waals surface area contributed by atoms with Gasteiger partial charge in [-0.05, 0) is 30.6 Å². The predicted octanol–water partition coefficient (Wildman–Crippen LogP) is 2.27. The van der Waals surface area contributed by atoms with E-state index in [0.29, 0.717) is 12.2 Å². The van der Waals surface area contributed by atoms with Crippen molar-refractivity contribution in [3.05, 3.63) is 38.9 Å². The van der Waals surface area contributed by atoms with Crippen LogP contribution in [0.1, 0.15) is 16.8 Å². The number of nitrogens with zero attached hydrogens (tertiary/aromatic N) is 1. The number of nitro groups is 1. The lowest BCUT2D eigenvalue weighted by Crippen LogP contribution is -2.42. The van der Waals surface area contributed by atoms with Crippen molar-refractivity contribution in [1.82, 2.24) is 5.32 Å². The minimum atomic E-state index is -0.872. The number of ether oxygens (including phenoxy) is 1. The van der Waals surface area contributed by atoms with Gasteiger partial charge in [-0.15, -0.1) is 0 Å². The Kier molecular flexibility index (Phi) is 7.13. The van der Waals surface area contributed by atoms with Crippen molar-refractivity contribution in [3.63, 3.8) is 0 Å². The lowest BCUT2D eigenvalue weighted by atomic mass is 10.1. The average molecular weight is 347 g/mol. The van der Waals surface area contributed by atoms with E-state index in [2.05, 4.69) is 10.1 Å². The van der Waals surface area contributed by atoms with Crippen LogP contribution in [0, 0.1) is 10.1 Å². The molecule has 120 valence electrons. The number of hydrogen-bond donors (Lipinski definition) is 1. The van der Waals surface area contributed by atoms with E-state index in [9.17, 15) is 19.7 Å². The molecule has 1 atom stereocenters. The Labute approximate surface area is 136 Å². The van der Waals surface area contributed by atoms with Crippen molar-refractivity contribution in [3.8, 4) is 0 Å². The van der Waals surface area contributed by atoms with E-state index in [-0.39, 0.29) is 16.3 Å². The number of nitrogens with one attached hydrogen (secondary N) is 1. The van der Waals surface area contributed by atoms with E-state index < -0.39 is 22.8 Å². The molecule has 22 heavy (non-hydrogen) atoms. The zero-order valence-electron chi connectivity index (χ0n) is 12.0. The number of rotatable bonds is 7. The second kappa shape index (κ2) is 8.60. The van der Waals surface area contributed by atoms with E-state index >= 15 is 0 Å². The standard InChI is InChI=1S/C13H15ClN2O5S/c1-21-13(18)10(5-6-22-2)15-12(17)9-7-8(14)3-4-11(9)16(19)20/h3-4,7,10H,5-6H2,1-2H3,(H,15,17)/t10-/m0/s1. The summed E-state index contributed by atoms with van der Waals surface area (Å²) < 4.78 is 4.62. The first-order valence-corrected chi connectivity index (χ1v) is 7.99. The first-order chi connectivity index (χ1) is 10.4. The molecular weight excluding hydrogens is 332 g/mol. The molecule has 0 aliphatic rings. The van der Waals surface area contributed by atoms with Crippen LogP contribution < -0.4 is 5.32 Å². The van der Waals surface area contributed by atoms with Gasteiger partial charge in [0.15, 0.2) is 0 Å². The smallest absolute Gasteiger partial charge is 0.328 e. The van der Waals surface area contributed by atoms with Crippen molar-refractivity contribution >= 4 is 40.9 Å². The topological polar surface area (TPSA) is 98.5 Å². The van der Waals surface area contributed by atoms with Gasteiger partial charge in [0.1, 0.15) is 11.6 Å². The summed E-state index contributed by atoms with van der Waals surface area (Å²) in [6.07, 6.45) is 2.21. The number of hydrogen-bond acceptors (Lipinski definition) is 6. The number of esters is 1. The molecule has 0 aliphatic heterocycles. The van der Waals surface area contributed by atoms with Crippen LogP contribution in [0.15, 0.2) is 18.2 Å². The summed E-state index contributed by atoms with van der Waals surface area (Å²) in [6.45, 7) is 0. The lowest BCUT2D eigenvalue weighted by molar-refractivity contribution is -0.385. The molecule has 7 nitrogen and oxygen atoms in total. The lowest BCUT2D eigenvalue weighted by Gasteiger charge is -2.16. The zero-order chi connectivity index (χ0) is 16.7. The van der Waals surface area contributed by atoms with E-state index in [0.717, 1.165) is 6.07 Å². The fourth-order valence-electron chi connectivity index (χ4n) is 1.71. The van der Waals surface area contributed by atoms with E-state index in [1.807, 2.05) is 6.26 Å². The van der Waals surface area contributed by atoms with E-state index in [4.69, 9.17) is 11.6 Å². The van der Waals surface area contributed by atoms with Gasteiger partial charge in [-0.3, -0.25) is 14.9 Å². The molecule has 0 unspecified atom stereocenters. The molecule has 0 fully saturated rings. The summed E-state index contributed by atoms with van der Waals surface area (Å²) in [5.41, 5.74) is -0.578. The minimum Gasteiger partial charge on any atom is -0.467 e. The van der Waals surface area contributed by atoms with E-state index in [1.54, 1.807) is 0 Å². The first-order valence-electron chi connectivity index (χ1n) is 6.22. The number of halogens is 1. The summed E-state index contributed by atoms with van der Waals surface area (Å²) in [6, 6.07) is 2.79. The molecule has 1 N–H and O–H groups in total. The van der Waals surface area contributed by atoms with Crippen molar-refractivity contribution in [2.24, 2.45) is 0 Å². The van der Waals surface area contributed by atoms with Gasteiger partial charge in [0.25, 0.3) is 11.6 Å². The number of benzene rings is 1. The van der Waals surface area contributed by atoms with Gasteiger partial charge in [0.2, 0.25) is 0 Å². The normalized spacial score (nSPS) is 11.6. The SMILES string of the molecule is COC(=O)[C@H](CCSC)NC(=O)c1cc(Cl)ccc1[N+](=O)[O-]. The summed E-state index contributed by atoms with van der Waals surface area (Å²) in [4.78, 5) is 34.2. The summed E-state index contributed by atoms with van der Waals surface area (Å²) in [7, 11) is 1.21. The molecule has 9 heteroatoms. The molecule has 0 aromatic heterocycles. The Morgan fingerprint density at radius 1 is 1.50 bits per heavy atom. The van der Waals surface area contributed by atoms with Gasteiger partial charge in [-0.1, -0.05) is 11.6 Å². The van der Waals surface area contributed by atoms with Crippen molar-refractivity contribution < 1.29 is 19.2 Å². The quantitative estimate of drug-likeness (QED) is 0.462. The van der Waals surface area contributed by atoms with Crippen LogP contribution in [0.3, 0.4) is 0 Å². The fourth-order valence-corrected chi connectivity index (χ4v) is 2.36. The first kappa shape index (κ1) is 18.2. The minimum absolute atomic E-state index is 0.189. The Bertz CT molecular complexity index is 582. The Balaban J connectivity index is 3.01. The Morgan fingerprint density at radius 3 is 2.73 bits per heavy atom. The van der Waals surface area contributed by atoms with Crippen molar-refractivity contribution in [1.29, 1.82) is 0 Å². The molecule has 1 aromatic rings. The van der Waals surface area contributed by atoms with Crippen LogP contribution in [-0.2, 0) is 9.53 Å². The highest BCUT2D eigenvalue weighted by atomic mass is 35.5. The fraction of sp³-hybridized carbons (Fsp3) is 0.385. The molecule has 0 bridgehead atoms. The van der Waals surface area contributed by atoms with Gasteiger partial charge >= 0.3 is 5.97 Å². The number of thioether (sulfide) groups is 1.